The number of nitrogens with one attached hydrogen (secondary N) is 4. The van der Waals surface area contributed by atoms with Crippen molar-refractivity contribution in [2.75, 3.05) is 18.4 Å². The van der Waals surface area contributed by atoms with Gasteiger partial charge in [0.1, 0.15) is 6.04 Å². The number of aromatic nitrogens is 2. The number of carbonyl (C=O) groups is 3. The number of hydroxylamine groups is 1. The number of rotatable bonds is 11. The van der Waals surface area contributed by atoms with E-state index < -0.39 is 24.0 Å². The zero-order valence-corrected chi connectivity index (χ0v) is 20.8. The molecule has 2 aromatic carbocycles. The zero-order chi connectivity index (χ0) is 27.3. The molecular weight excluding hydrogens is 500 g/mol. The fourth-order valence-electron chi connectivity index (χ4n) is 3.40. The van der Waals surface area contributed by atoms with E-state index in [0.29, 0.717) is 11.3 Å². The van der Waals surface area contributed by atoms with E-state index in [1.807, 2.05) is 10.8 Å². The van der Waals surface area contributed by atoms with Crippen LogP contribution in [0.2, 0.25) is 0 Å². The molecule has 11 heteroatoms. The van der Waals surface area contributed by atoms with E-state index in [1.165, 1.54) is 12.4 Å². The smallest absolute Gasteiger partial charge is 0.268 e. The van der Waals surface area contributed by atoms with Gasteiger partial charge in [-0.25, -0.2) is 10.5 Å². The summed E-state index contributed by atoms with van der Waals surface area (Å²) < 4.78 is 1.98. The summed E-state index contributed by atoms with van der Waals surface area (Å²) in [6.45, 7) is 3.10. The lowest BCUT2D eigenvalue weighted by Crippen LogP contribution is -2.51. The fourth-order valence-corrected chi connectivity index (χ4v) is 3.40. The molecule has 1 aromatic heterocycles. The Hall–Kier alpha value is -4.50. The molecule has 0 unspecified atom stereocenters. The predicted molar refractivity (Wildman–Crippen MR) is 147 cm³/mol. The van der Waals surface area contributed by atoms with E-state index >= 15 is 0 Å². The Morgan fingerprint density at radius 2 is 1.67 bits per heavy atom. The number of aliphatic hydroxyl groups excluding tert-OH is 1. The molecule has 6 N–H and O–H groups in total. The minimum absolute atomic E-state index is 0. The highest BCUT2D eigenvalue weighted by atomic mass is 16.5. The number of benzene rings is 2. The molecule has 2 atom stereocenters. The third kappa shape index (κ3) is 10.1. The maximum Gasteiger partial charge on any atom is 0.268 e. The number of hydrogen-bond acceptors (Lipinski definition) is 7. The average molecular weight is 535 g/mol. The van der Waals surface area contributed by atoms with Gasteiger partial charge in [0.2, 0.25) is 5.91 Å². The van der Waals surface area contributed by atoms with E-state index in [9.17, 15) is 19.5 Å². The van der Waals surface area contributed by atoms with Crippen molar-refractivity contribution >= 4 is 23.4 Å². The molecule has 1 heterocycles. The molecule has 11 nitrogen and oxygen atoms in total. The number of nitrogens with zero attached hydrogens (tertiary/aromatic N) is 2. The van der Waals surface area contributed by atoms with Crippen LogP contribution in [0.4, 0.5) is 5.69 Å². The van der Waals surface area contributed by atoms with E-state index in [2.05, 4.69) is 32.8 Å². The van der Waals surface area contributed by atoms with Crippen molar-refractivity contribution in [1.82, 2.24) is 25.7 Å². The third-order valence-corrected chi connectivity index (χ3v) is 5.44. The van der Waals surface area contributed by atoms with Gasteiger partial charge in [0.05, 0.1) is 19.0 Å². The highest BCUT2D eigenvalue weighted by molar-refractivity contribution is 5.97. The van der Waals surface area contributed by atoms with Gasteiger partial charge in [0, 0.05) is 41.3 Å². The summed E-state index contributed by atoms with van der Waals surface area (Å²) in [5.41, 5.74) is 3.76. The Morgan fingerprint density at radius 3 is 2.23 bits per heavy atom. The zero-order valence-electron chi connectivity index (χ0n) is 20.8. The van der Waals surface area contributed by atoms with Crippen LogP contribution >= 0.6 is 0 Å². The maximum atomic E-state index is 12.4. The van der Waals surface area contributed by atoms with Gasteiger partial charge in [0.25, 0.3) is 11.8 Å². The minimum Gasteiger partial charge on any atom is -0.391 e. The fraction of sp³-hybridized carbons (Fsp3) is 0.286. The van der Waals surface area contributed by atoms with Gasteiger partial charge in [-0.15, -0.1) is 0 Å². The number of imidazole rings is 1. The van der Waals surface area contributed by atoms with Gasteiger partial charge in [-0.3, -0.25) is 19.6 Å². The summed E-state index contributed by atoms with van der Waals surface area (Å²) in [6, 6.07) is 12.2. The lowest BCUT2D eigenvalue weighted by atomic mass is 10.1. The second kappa shape index (κ2) is 15.7. The summed E-state index contributed by atoms with van der Waals surface area (Å²) in [5.74, 6) is 4.39. The van der Waals surface area contributed by atoms with Crippen LogP contribution in [0.25, 0.3) is 0 Å². The number of aliphatic hydroxyl groups is 1. The molecule has 0 fully saturated rings. The van der Waals surface area contributed by atoms with Crippen molar-refractivity contribution in [3.8, 4) is 11.8 Å². The lowest BCUT2D eigenvalue weighted by molar-refractivity contribution is -0.133. The summed E-state index contributed by atoms with van der Waals surface area (Å²) in [6.07, 6.45) is 5.09. The van der Waals surface area contributed by atoms with E-state index in [4.69, 9.17) is 5.21 Å². The maximum absolute atomic E-state index is 12.4. The van der Waals surface area contributed by atoms with E-state index in [-0.39, 0.29) is 25.4 Å². The third-order valence-electron chi connectivity index (χ3n) is 5.44. The monoisotopic (exact) mass is 534 g/mol. The van der Waals surface area contributed by atoms with Crippen LogP contribution in [0.1, 0.15) is 42.3 Å². The Bertz CT molecular complexity index is 1260. The number of carbonyl (C=O) groups excluding carboxylic acids is 3. The van der Waals surface area contributed by atoms with Crippen molar-refractivity contribution in [1.29, 1.82) is 0 Å². The molecule has 0 aliphatic heterocycles. The van der Waals surface area contributed by atoms with Crippen LogP contribution in [-0.2, 0) is 16.1 Å². The van der Waals surface area contributed by atoms with E-state index in [0.717, 1.165) is 25.1 Å². The average Bonchev–Trinajstić information content (AvgIpc) is 3.44. The Morgan fingerprint density at radius 1 is 1.03 bits per heavy atom. The Labute approximate surface area is 227 Å². The molecule has 0 bridgehead atoms. The number of hydrogen-bond donors (Lipinski definition) is 6. The van der Waals surface area contributed by atoms with Crippen LogP contribution in [-0.4, -0.2) is 62.8 Å². The molecule has 3 amide bonds. The van der Waals surface area contributed by atoms with Crippen molar-refractivity contribution in [2.45, 2.75) is 39.5 Å². The summed E-state index contributed by atoms with van der Waals surface area (Å²) in [4.78, 5) is 40.1. The van der Waals surface area contributed by atoms with Crippen LogP contribution in [0.15, 0.2) is 67.3 Å². The molecular formula is C28H34N6O5. The summed E-state index contributed by atoms with van der Waals surface area (Å²) in [5, 5.41) is 26.7. The largest absolute Gasteiger partial charge is 0.391 e. The molecule has 0 saturated carbocycles. The Kier molecular flexibility index (Phi) is 12.4. The second-order valence-electron chi connectivity index (χ2n) is 8.45. The van der Waals surface area contributed by atoms with Crippen molar-refractivity contribution in [3.63, 3.8) is 0 Å². The first-order valence-corrected chi connectivity index (χ1v) is 12.0. The molecule has 0 aliphatic rings. The lowest BCUT2D eigenvalue weighted by Gasteiger charge is -2.19. The van der Waals surface area contributed by atoms with Crippen LogP contribution in [0.5, 0.6) is 0 Å². The van der Waals surface area contributed by atoms with Gasteiger partial charge in [-0.2, -0.15) is 0 Å². The molecule has 0 aliphatic carbocycles. The normalized spacial score (nSPS) is 11.7. The van der Waals surface area contributed by atoms with Gasteiger partial charge >= 0.3 is 0 Å². The first-order chi connectivity index (χ1) is 18.4. The predicted octanol–water partition coefficient (Wildman–Crippen LogP) is 1.52. The Balaban J connectivity index is 0.00000533. The molecule has 206 valence electrons. The molecule has 0 radical (unpaired) electrons. The first kappa shape index (κ1) is 30.7. The molecule has 0 spiro atoms. The summed E-state index contributed by atoms with van der Waals surface area (Å²) >= 11 is 0. The van der Waals surface area contributed by atoms with Gasteiger partial charge in [-0.05, 0) is 68.4 Å². The van der Waals surface area contributed by atoms with Crippen molar-refractivity contribution < 1.29 is 24.7 Å². The highest BCUT2D eigenvalue weighted by Gasteiger charge is 2.25. The first-order valence-electron chi connectivity index (χ1n) is 12.0. The second-order valence-corrected chi connectivity index (χ2v) is 8.45. The van der Waals surface area contributed by atoms with Gasteiger partial charge in [-0.1, -0.05) is 19.3 Å². The van der Waals surface area contributed by atoms with Gasteiger partial charge in [0.15, 0.2) is 0 Å². The van der Waals surface area contributed by atoms with Crippen LogP contribution < -0.4 is 21.4 Å². The molecule has 39 heavy (non-hydrogen) atoms. The number of amides is 3. The number of anilines is 1. The van der Waals surface area contributed by atoms with Crippen molar-refractivity contribution in [3.05, 3.63) is 83.9 Å². The van der Waals surface area contributed by atoms with Crippen LogP contribution in [0, 0.1) is 11.8 Å². The van der Waals surface area contributed by atoms with Gasteiger partial charge < -0.3 is 25.6 Å². The van der Waals surface area contributed by atoms with E-state index in [1.54, 1.807) is 61.1 Å². The van der Waals surface area contributed by atoms with Crippen molar-refractivity contribution in [2.24, 2.45) is 0 Å². The SMILES string of the molecule is C.C[C@@H](O)[C@H](NC(=O)c1ccc(C#Cc2ccc(NC(=O)CNCCCn3ccnc3)cc2)cc1)C(=O)NO. The standard InChI is InChI=1S/C27H30N6O5.CH4/c1-19(34)25(27(37)32-38)31-26(36)22-9-5-20(6-10-22)3-4-21-7-11-23(12-8-21)30-24(35)17-28-13-2-15-33-16-14-29-18-33;/h5-12,14,16,18-19,25,28,34,38H,2,13,15,17H2,1H3,(H,30,35)(H,31,36)(H,32,37);1H4/t19-,25+;/m1./s1. The molecule has 0 saturated heterocycles. The molecule has 3 rings (SSSR count). The quantitative estimate of drug-likeness (QED) is 0.0942. The number of aryl methyl sites for hydroxylation is 1. The molecule has 3 aromatic rings. The topological polar surface area (TPSA) is 158 Å². The summed E-state index contributed by atoms with van der Waals surface area (Å²) in [7, 11) is 0. The highest BCUT2D eigenvalue weighted by Crippen LogP contribution is 2.10. The minimum atomic E-state index is -1.30. The van der Waals surface area contributed by atoms with Crippen LogP contribution in [0.3, 0.4) is 0 Å².